The van der Waals surface area contributed by atoms with E-state index >= 15 is 0 Å². The minimum absolute atomic E-state index is 0.0931. The van der Waals surface area contributed by atoms with Crippen LogP contribution in [0.4, 0.5) is 5.69 Å². The fourth-order valence-corrected chi connectivity index (χ4v) is 2.84. The van der Waals surface area contributed by atoms with Gasteiger partial charge < -0.3 is 10.4 Å². The van der Waals surface area contributed by atoms with Crippen LogP contribution < -0.4 is 5.32 Å². The first kappa shape index (κ1) is 17.1. The summed E-state index contributed by atoms with van der Waals surface area (Å²) in [6.07, 6.45) is 4.14. The van der Waals surface area contributed by atoms with Crippen LogP contribution in [0.25, 0.3) is 11.4 Å². The molecule has 2 aromatic carbocycles. The zero-order valence-electron chi connectivity index (χ0n) is 13.3. The number of aromatic hydroxyl groups is 1. The van der Waals surface area contributed by atoms with Gasteiger partial charge in [0.25, 0.3) is 0 Å². The zero-order chi connectivity index (χ0) is 17.6. The predicted octanol–water partition coefficient (Wildman–Crippen LogP) is 4.18. The molecule has 0 bridgehead atoms. The topological polar surface area (TPSA) is 75.1 Å². The molecule has 0 saturated heterocycles. The van der Waals surface area contributed by atoms with Crippen molar-refractivity contribution in [3.63, 3.8) is 0 Å². The summed E-state index contributed by atoms with van der Waals surface area (Å²) in [7, 11) is 0. The van der Waals surface area contributed by atoms with Crippen LogP contribution in [-0.4, -0.2) is 21.0 Å². The fourth-order valence-electron chi connectivity index (χ4n) is 2.36. The van der Waals surface area contributed by atoms with Crippen LogP contribution in [0.1, 0.15) is 12.0 Å². The molecular weight excluding hydrogens is 382 g/mol. The number of aromatic nitrogens is 2. The third-order valence-electron chi connectivity index (χ3n) is 3.62. The van der Waals surface area contributed by atoms with Crippen LogP contribution in [-0.2, 0) is 11.2 Å². The van der Waals surface area contributed by atoms with Crippen molar-refractivity contribution in [1.82, 2.24) is 9.97 Å². The van der Waals surface area contributed by atoms with E-state index in [-0.39, 0.29) is 11.7 Å². The van der Waals surface area contributed by atoms with Gasteiger partial charge in [-0.15, -0.1) is 0 Å². The third-order valence-corrected chi connectivity index (χ3v) is 4.39. The van der Waals surface area contributed by atoms with Crippen molar-refractivity contribution in [3.05, 3.63) is 71.0 Å². The number of benzene rings is 2. The molecule has 3 rings (SSSR count). The number of phenolic OH excluding ortho intramolecular Hbond substituents is 1. The Hall–Kier alpha value is -2.73. The van der Waals surface area contributed by atoms with Crippen LogP contribution >= 0.6 is 15.9 Å². The van der Waals surface area contributed by atoms with Crippen molar-refractivity contribution in [3.8, 4) is 17.1 Å². The van der Waals surface area contributed by atoms with E-state index in [2.05, 4.69) is 31.2 Å². The van der Waals surface area contributed by atoms with Crippen molar-refractivity contribution < 1.29 is 9.90 Å². The Morgan fingerprint density at radius 3 is 2.56 bits per heavy atom. The average molecular weight is 398 g/mol. The standard InChI is InChI=1S/C19H16BrN3O2/c20-17-7-2-1-4-13(17)8-9-18(25)23-15-11-21-19(22-12-15)14-5-3-6-16(24)10-14/h1-7,10-12,24H,8-9H2,(H,23,25). The molecule has 1 heterocycles. The highest BCUT2D eigenvalue weighted by atomic mass is 79.9. The summed E-state index contributed by atoms with van der Waals surface area (Å²) in [4.78, 5) is 20.5. The fraction of sp³-hybridized carbons (Fsp3) is 0.105. The molecule has 3 aromatic rings. The van der Waals surface area contributed by atoms with Crippen molar-refractivity contribution in [1.29, 1.82) is 0 Å². The van der Waals surface area contributed by atoms with E-state index in [1.165, 1.54) is 0 Å². The van der Waals surface area contributed by atoms with Crippen molar-refractivity contribution in [2.75, 3.05) is 5.32 Å². The number of hydrogen-bond donors (Lipinski definition) is 2. The van der Waals surface area contributed by atoms with Gasteiger partial charge in [0.2, 0.25) is 5.91 Å². The Morgan fingerprint density at radius 1 is 1.08 bits per heavy atom. The zero-order valence-corrected chi connectivity index (χ0v) is 14.9. The van der Waals surface area contributed by atoms with E-state index in [9.17, 15) is 9.90 Å². The summed E-state index contributed by atoms with van der Waals surface area (Å²) in [6.45, 7) is 0. The number of amides is 1. The largest absolute Gasteiger partial charge is 0.508 e. The molecule has 0 unspecified atom stereocenters. The normalized spacial score (nSPS) is 10.4. The van der Waals surface area contributed by atoms with Crippen molar-refractivity contribution in [2.24, 2.45) is 0 Å². The highest BCUT2D eigenvalue weighted by Gasteiger charge is 2.07. The van der Waals surface area contributed by atoms with Gasteiger partial charge in [-0.3, -0.25) is 4.79 Å². The van der Waals surface area contributed by atoms with Gasteiger partial charge in [0.1, 0.15) is 5.75 Å². The van der Waals surface area contributed by atoms with Gasteiger partial charge in [0.05, 0.1) is 18.1 Å². The van der Waals surface area contributed by atoms with E-state index in [0.717, 1.165) is 10.0 Å². The lowest BCUT2D eigenvalue weighted by Gasteiger charge is -2.07. The predicted molar refractivity (Wildman–Crippen MR) is 100 cm³/mol. The first-order valence-corrected chi connectivity index (χ1v) is 8.56. The lowest BCUT2D eigenvalue weighted by Crippen LogP contribution is -2.13. The molecule has 1 amide bonds. The molecule has 5 nitrogen and oxygen atoms in total. The number of nitrogens with zero attached hydrogens (tertiary/aromatic N) is 2. The number of halogens is 1. The van der Waals surface area contributed by atoms with Crippen molar-refractivity contribution >= 4 is 27.5 Å². The van der Waals surface area contributed by atoms with Crippen LogP contribution in [0.5, 0.6) is 5.75 Å². The number of carbonyl (C=O) groups is 1. The Labute approximate surface area is 153 Å². The molecule has 1 aromatic heterocycles. The molecule has 0 atom stereocenters. The Morgan fingerprint density at radius 2 is 1.84 bits per heavy atom. The second-order valence-electron chi connectivity index (χ2n) is 5.49. The molecule has 0 saturated carbocycles. The van der Waals surface area contributed by atoms with E-state index in [1.807, 2.05) is 30.3 Å². The quantitative estimate of drug-likeness (QED) is 0.676. The summed E-state index contributed by atoms with van der Waals surface area (Å²) in [5.41, 5.74) is 2.35. The molecule has 2 N–H and O–H groups in total. The molecule has 6 heteroatoms. The Bertz CT molecular complexity index is 882. The molecule has 0 aliphatic rings. The van der Waals surface area contributed by atoms with Crippen LogP contribution in [0.3, 0.4) is 0 Å². The number of phenols is 1. The van der Waals surface area contributed by atoms with E-state index in [0.29, 0.717) is 29.9 Å². The number of carbonyl (C=O) groups excluding carboxylic acids is 1. The lowest BCUT2D eigenvalue weighted by atomic mass is 10.1. The molecule has 25 heavy (non-hydrogen) atoms. The summed E-state index contributed by atoms with van der Waals surface area (Å²) in [5.74, 6) is 0.553. The molecule has 0 aliphatic carbocycles. The van der Waals surface area contributed by atoms with E-state index in [4.69, 9.17) is 0 Å². The van der Waals surface area contributed by atoms with Crippen LogP contribution in [0.15, 0.2) is 65.4 Å². The summed E-state index contributed by atoms with van der Waals surface area (Å²) in [5, 5.41) is 12.3. The maximum absolute atomic E-state index is 12.1. The average Bonchev–Trinajstić information content (AvgIpc) is 2.62. The second kappa shape index (κ2) is 7.90. The second-order valence-corrected chi connectivity index (χ2v) is 6.34. The highest BCUT2D eigenvalue weighted by molar-refractivity contribution is 9.10. The molecule has 126 valence electrons. The third kappa shape index (κ3) is 4.64. The summed E-state index contributed by atoms with van der Waals surface area (Å²) in [6, 6.07) is 14.6. The number of hydrogen-bond acceptors (Lipinski definition) is 4. The number of nitrogens with one attached hydrogen (secondary N) is 1. The Balaban J connectivity index is 1.59. The van der Waals surface area contributed by atoms with Gasteiger partial charge in [-0.25, -0.2) is 9.97 Å². The van der Waals surface area contributed by atoms with Gasteiger partial charge in [0, 0.05) is 16.5 Å². The van der Waals surface area contributed by atoms with Gasteiger partial charge in [-0.05, 0) is 30.2 Å². The first-order valence-electron chi connectivity index (χ1n) is 7.76. The van der Waals surface area contributed by atoms with E-state index in [1.54, 1.807) is 30.6 Å². The first-order chi connectivity index (χ1) is 12.1. The number of rotatable bonds is 5. The van der Waals surface area contributed by atoms with E-state index < -0.39 is 0 Å². The number of aryl methyl sites for hydroxylation is 1. The van der Waals surface area contributed by atoms with Crippen molar-refractivity contribution in [2.45, 2.75) is 12.8 Å². The van der Waals surface area contributed by atoms with Gasteiger partial charge in [-0.2, -0.15) is 0 Å². The lowest BCUT2D eigenvalue weighted by molar-refractivity contribution is -0.116. The molecule has 0 spiro atoms. The minimum atomic E-state index is -0.0931. The molecule has 0 fully saturated rings. The SMILES string of the molecule is O=C(CCc1ccccc1Br)Nc1cnc(-c2cccc(O)c2)nc1. The maximum atomic E-state index is 12.1. The summed E-state index contributed by atoms with van der Waals surface area (Å²) < 4.78 is 1.00. The maximum Gasteiger partial charge on any atom is 0.224 e. The van der Waals surface area contributed by atoms with Gasteiger partial charge >= 0.3 is 0 Å². The highest BCUT2D eigenvalue weighted by Crippen LogP contribution is 2.20. The molecular formula is C19H16BrN3O2. The van der Waals surface area contributed by atoms with Crippen LogP contribution in [0, 0.1) is 0 Å². The monoisotopic (exact) mass is 397 g/mol. The minimum Gasteiger partial charge on any atom is -0.508 e. The van der Waals surface area contributed by atoms with Crippen LogP contribution in [0.2, 0.25) is 0 Å². The molecule has 0 aliphatic heterocycles. The molecule has 0 radical (unpaired) electrons. The summed E-state index contributed by atoms with van der Waals surface area (Å²) >= 11 is 3.48. The Kier molecular flexibility index (Phi) is 5.40. The number of anilines is 1. The van der Waals surface area contributed by atoms with Gasteiger partial charge in [-0.1, -0.05) is 46.3 Å². The smallest absolute Gasteiger partial charge is 0.224 e. The van der Waals surface area contributed by atoms with Gasteiger partial charge in [0.15, 0.2) is 5.82 Å².